The molecule has 0 N–H and O–H groups in total. The SMILES string of the molecule is COC(=O)c1cc(-c2cn(-c3ccc(Br)cc3N3CCC4(CC3)CC4)nn2)nc(N2CCC(F)(F)CC2)n1. The number of nitrogens with zero attached hydrogens (tertiary/aromatic N) is 7. The molecule has 2 saturated heterocycles. The zero-order valence-electron chi connectivity index (χ0n) is 21.0. The van der Waals surface area contributed by atoms with Crippen molar-refractivity contribution in [1.29, 1.82) is 0 Å². The standard InChI is InChI=1S/C26H28BrF2N7O2/c1-38-23(37)19-15-18(30-24(31-19)35-12-8-26(28,29)9-13-35)20-16-36(33-32-20)21-3-2-17(27)14-22(21)34-10-6-25(4-5-25)7-11-34/h2-3,14-16H,4-13H2,1H3. The van der Waals surface area contributed by atoms with E-state index in [0.29, 0.717) is 16.8 Å². The van der Waals surface area contributed by atoms with Gasteiger partial charge in [0.05, 0.1) is 30.4 Å². The molecule has 3 fully saturated rings. The molecule has 0 atom stereocenters. The Morgan fingerprint density at radius 2 is 1.63 bits per heavy atom. The van der Waals surface area contributed by atoms with Crippen LogP contribution in [-0.2, 0) is 4.74 Å². The van der Waals surface area contributed by atoms with E-state index in [0.717, 1.165) is 28.9 Å². The number of hydrogen-bond donors (Lipinski definition) is 0. The summed E-state index contributed by atoms with van der Waals surface area (Å²) in [6, 6.07) is 7.56. The summed E-state index contributed by atoms with van der Waals surface area (Å²) >= 11 is 3.61. The molecule has 1 saturated carbocycles. The second-order valence-electron chi connectivity index (χ2n) is 10.4. The van der Waals surface area contributed by atoms with Gasteiger partial charge < -0.3 is 14.5 Å². The maximum atomic E-state index is 13.7. The van der Waals surface area contributed by atoms with E-state index in [4.69, 9.17) is 4.74 Å². The van der Waals surface area contributed by atoms with E-state index >= 15 is 0 Å². The molecular weight excluding hydrogens is 560 g/mol. The van der Waals surface area contributed by atoms with E-state index in [1.807, 2.05) is 12.1 Å². The van der Waals surface area contributed by atoms with Crippen molar-refractivity contribution in [3.63, 3.8) is 0 Å². The molecule has 4 heterocycles. The Hall–Kier alpha value is -3.15. The number of aromatic nitrogens is 5. The van der Waals surface area contributed by atoms with Gasteiger partial charge in [-0.1, -0.05) is 21.1 Å². The number of rotatable bonds is 5. The van der Waals surface area contributed by atoms with Gasteiger partial charge in [0.25, 0.3) is 5.92 Å². The summed E-state index contributed by atoms with van der Waals surface area (Å²) in [5.41, 5.74) is 3.36. The Kier molecular flexibility index (Phi) is 6.32. The van der Waals surface area contributed by atoms with E-state index in [-0.39, 0.29) is 37.6 Å². The van der Waals surface area contributed by atoms with Crippen LogP contribution in [-0.4, -0.2) is 70.1 Å². The van der Waals surface area contributed by atoms with Crippen LogP contribution in [0.15, 0.2) is 34.9 Å². The molecule has 0 unspecified atom stereocenters. The number of carbonyl (C=O) groups is 1. The largest absolute Gasteiger partial charge is 0.464 e. The van der Waals surface area contributed by atoms with Crippen LogP contribution in [0, 0.1) is 5.41 Å². The summed E-state index contributed by atoms with van der Waals surface area (Å²) in [5, 5.41) is 8.72. The topological polar surface area (TPSA) is 89.3 Å². The van der Waals surface area contributed by atoms with E-state index in [2.05, 4.69) is 47.2 Å². The average Bonchev–Trinajstić information content (AvgIpc) is 3.48. The summed E-state index contributed by atoms with van der Waals surface area (Å²) in [6.45, 7) is 2.17. The van der Waals surface area contributed by atoms with Crippen molar-refractivity contribution in [1.82, 2.24) is 25.0 Å². The molecule has 0 bridgehead atoms. The normalized spacial score (nSPS) is 20.0. The lowest BCUT2D eigenvalue weighted by molar-refractivity contribution is -0.0222. The minimum Gasteiger partial charge on any atom is -0.464 e. The molecule has 1 aromatic carbocycles. The maximum absolute atomic E-state index is 13.7. The van der Waals surface area contributed by atoms with Gasteiger partial charge in [-0.15, -0.1) is 5.10 Å². The third-order valence-corrected chi connectivity index (χ3v) is 8.44. The van der Waals surface area contributed by atoms with Gasteiger partial charge in [0.2, 0.25) is 5.95 Å². The number of esters is 1. The quantitative estimate of drug-likeness (QED) is 0.390. The molecule has 3 aromatic rings. The van der Waals surface area contributed by atoms with Crippen molar-refractivity contribution in [2.45, 2.75) is 44.4 Å². The average molecular weight is 588 g/mol. The summed E-state index contributed by atoms with van der Waals surface area (Å²) in [5.74, 6) is -3.16. The molecular formula is C26H28BrF2N7O2. The third kappa shape index (κ3) is 4.97. The molecule has 0 amide bonds. The molecule has 2 aromatic heterocycles. The lowest BCUT2D eigenvalue weighted by Crippen LogP contribution is -2.40. The first-order valence-electron chi connectivity index (χ1n) is 12.8. The molecule has 1 aliphatic carbocycles. The van der Waals surface area contributed by atoms with Crippen LogP contribution < -0.4 is 9.80 Å². The van der Waals surface area contributed by atoms with Crippen LogP contribution in [0.2, 0.25) is 0 Å². The highest BCUT2D eigenvalue weighted by molar-refractivity contribution is 9.10. The Labute approximate surface area is 227 Å². The monoisotopic (exact) mass is 587 g/mol. The zero-order valence-corrected chi connectivity index (χ0v) is 22.6. The second kappa shape index (κ2) is 9.55. The van der Waals surface area contributed by atoms with Crippen LogP contribution in [0.5, 0.6) is 0 Å². The molecule has 200 valence electrons. The first-order chi connectivity index (χ1) is 18.2. The summed E-state index contributed by atoms with van der Waals surface area (Å²) in [7, 11) is 1.27. The first kappa shape index (κ1) is 25.1. The minimum atomic E-state index is -2.71. The molecule has 6 rings (SSSR count). The fraction of sp³-hybridized carbons (Fsp3) is 0.500. The highest BCUT2D eigenvalue weighted by Gasteiger charge is 2.44. The van der Waals surface area contributed by atoms with Gasteiger partial charge in [-0.25, -0.2) is 28.2 Å². The number of carbonyl (C=O) groups excluding carboxylic acids is 1. The lowest BCUT2D eigenvalue weighted by atomic mass is 9.93. The number of piperidine rings is 2. The van der Waals surface area contributed by atoms with Gasteiger partial charge >= 0.3 is 5.97 Å². The van der Waals surface area contributed by atoms with Gasteiger partial charge in [0, 0.05) is 43.5 Å². The van der Waals surface area contributed by atoms with Gasteiger partial charge in [-0.05, 0) is 55.4 Å². The van der Waals surface area contributed by atoms with Crippen molar-refractivity contribution in [2.75, 3.05) is 43.1 Å². The second-order valence-corrected chi connectivity index (χ2v) is 11.4. The number of halogens is 3. The van der Waals surface area contributed by atoms with Crippen molar-refractivity contribution < 1.29 is 18.3 Å². The lowest BCUT2D eigenvalue weighted by Gasteiger charge is -2.35. The highest BCUT2D eigenvalue weighted by atomic mass is 79.9. The molecule has 1 spiro atoms. The Morgan fingerprint density at radius 1 is 0.921 bits per heavy atom. The Morgan fingerprint density at radius 3 is 2.32 bits per heavy atom. The molecule has 9 nitrogen and oxygen atoms in total. The number of ether oxygens (including phenoxy) is 1. The number of alkyl halides is 2. The van der Waals surface area contributed by atoms with E-state index in [9.17, 15) is 13.6 Å². The maximum Gasteiger partial charge on any atom is 0.356 e. The van der Waals surface area contributed by atoms with Gasteiger partial charge in [0.1, 0.15) is 5.69 Å². The van der Waals surface area contributed by atoms with Crippen molar-refractivity contribution in [3.05, 3.63) is 40.6 Å². The molecule has 0 radical (unpaired) electrons. The molecule has 3 aliphatic rings. The van der Waals surface area contributed by atoms with E-state index in [1.54, 1.807) is 15.8 Å². The number of benzene rings is 1. The fourth-order valence-corrected chi connectivity index (χ4v) is 5.64. The van der Waals surface area contributed by atoms with Crippen LogP contribution in [0.4, 0.5) is 20.4 Å². The number of anilines is 2. The Bertz CT molecular complexity index is 1360. The highest BCUT2D eigenvalue weighted by Crippen LogP contribution is 2.54. The third-order valence-electron chi connectivity index (χ3n) is 7.95. The first-order valence-corrected chi connectivity index (χ1v) is 13.6. The smallest absolute Gasteiger partial charge is 0.356 e. The Balaban J connectivity index is 1.32. The van der Waals surface area contributed by atoms with E-state index in [1.165, 1.54) is 38.9 Å². The van der Waals surface area contributed by atoms with Gasteiger partial charge in [-0.2, -0.15) is 0 Å². The molecule has 2 aliphatic heterocycles. The van der Waals surface area contributed by atoms with Crippen molar-refractivity contribution in [3.8, 4) is 17.1 Å². The predicted octanol–water partition coefficient (Wildman–Crippen LogP) is 4.89. The summed E-state index contributed by atoms with van der Waals surface area (Å²) < 4.78 is 35.0. The fourth-order valence-electron chi connectivity index (χ4n) is 5.29. The predicted molar refractivity (Wildman–Crippen MR) is 141 cm³/mol. The summed E-state index contributed by atoms with van der Waals surface area (Å²) in [6.07, 6.45) is 6.24. The zero-order chi connectivity index (χ0) is 26.5. The van der Waals surface area contributed by atoms with Gasteiger partial charge in [0.15, 0.2) is 5.69 Å². The van der Waals surface area contributed by atoms with Crippen LogP contribution in [0.25, 0.3) is 17.1 Å². The van der Waals surface area contributed by atoms with Crippen molar-refractivity contribution in [2.24, 2.45) is 5.41 Å². The number of hydrogen-bond acceptors (Lipinski definition) is 8. The minimum absolute atomic E-state index is 0.0334. The molecule has 38 heavy (non-hydrogen) atoms. The molecule has 12 heteroatoms. The van der Waals surface area contributed by atoms with Crippen LogP contribution in [0.1, 0.15) is 49.0 Å². The van der Waals surface area contributed by atoms with Crippen LogP contribution in [0.3, 0.4) is 0 Å². The van der Waals surface area contributed by atoms with Crippen molar-refractivity contribution >= 4 is 33.5 Å². The summed E-state index contributed by atoms with van der Waals surface area (Å²) in [4.78, 5) is 25.3. The number of methoxy groups -OCH3 is 1. The van der Waals surface area contributed by atoms with Gasteiger partial charge in [-0.3, -0.25) is 0 Å². The van der Waals surface area contributed by atoms with E-state index < -0.39 is 11.9 Å². The van der Waals surface area contributed by atoms with Crippen LogP contribution >= 0.6 is 15.9 Å².